The average Bonchev–Trinajstić information content (AvgIpc) is 3.08. The lowest BCUT2D eigenvalue weighted by atomic mass is 9.89. The van der Waals surface area contributed by atoms with Crippen LogP contribution in [0.4, 0.5) is 0 Å². The fourth-order valence-electron chi connectivity index (χ4n) is 4.35. The molecular formula is C26H37ClN2O7. The summed E-state index contributed by atoms with van der Waals surface area (Å²) in [4.78, 5) is 26.4. The number of aryl methyl sites for hydroxylation is 1. The Labute approximate surface area is 216 Å². The van der Waals surface area contributed by atoms with Gasteiger partial charge in [0.1, 0.15) is 6.10 Å². The van der Waals surface area contributed by atoms with Crippen LogP contribution in [0.3, 0.4) is 0 Å². The molecule has 1 aromatic rings. The van der Waals surface area contributed by atoms with E-state index in [1.54, 1.807) is 12.1 Å². The molecule has 0 heterocycles. The second-order valence-corrected chi connectivity index (χ2v) is 9.71. The Morgan fingerprint density at radius 3 is 2.83 bits per heavy atom. The quantitative estimate of drug-likeness (QED) is 0.119. The molecule has 1 fully saturated rings. The Morgan fingerprint density at radius 2 is 2.11 bits per heavy atom. The van der Waals surface area contributed by atoms with Crippen LogP contribution >= 0.6 is 11.6 Å². The van der Waals surface area contributed by atoms with Gasteiger partial charge in [0.25, 0.3) is 5.09 Å². The Hall–Kier alpha value is -2.46. The van der Waals surface area contributed by atoms with E-state index in [0.29, 0.717) is 50.0 Å². The number of halogens is 1. The third kappa shape index (κ3) is 11.1. The minimum atomic E-state index is -0.882. The molecule has 2 rings (SSSR count). The summed E-state index contributed by atoms with van der Waals surface area (Å²) in [5.74, 6) is -0.603. The molecule has 1 unspecified atom stereocenters. The largest absolute Gasteiger partial charge is 0.393 e. The van der Waals surface area contributed by atoms with E-state index in [-0.39, 0.29) is 24.3 Å². The van der Waals surface area contributed by atoms with Crippen molar-refractivity contribution in [2.45, 2.75) is 76.3 Å². The van der Waals surface area contributed by atoms with E-state index in [0.717, 1.165) is 5.56 Å². The zero-order valence-electron chi connectivity index (χ0n) is 20.5. The second kappa shape index (κ2) is 15.6. The Morgan fingerprint density at radius 1 is 1.33 bits per heavy atom. The maximum Gasteiger partial charge on any atom is 0.294 e. The zero-order chi connectivity index (χ0) is 26.5. The Kier molecular flexibility index (Phi) is 12.9. The van der Waals surface area contributed by atoms with Gasteiger partial charge in [0.15, 0.2) is 0 Å². The first-order chi connectivity index (χ1) is 17.2. The Bertz CT molecular complexity index is 895. The molecule has 0 radical (unpaired) electrons. The van der Waals surface area contributed by atoms with Crippen LogP contribution in [0.2, 0.25) is 5.02 Å². The highest BCUT2D eigenvalue weighted by atomic mass is 35.5. The van der Waals surface area contributed by atoms with Gasteiger partial charge in [-0.05, 0) is 62.6 Å². The molecule has 1 aliphatic carbocycles. The smallest absolute Gasteiger partial charge is 0.294 e. The maximum absolute atomic E-state index is 11.8. The van der Waals surface area contributed by atoms with Crippen molar-refractivity contribution in [3.8, 4) is 0 Å². The number of allylic oxidation sites excluding steroid dienone is 2. The predicted octanol–water partition coefficient (Wildman–Crippen LogP) is 3.38. The molecule has 1 aliphatic rings. The summed E-state index contributed by atoms with van der Waals surface area (Å²) in [7, 11) is 0. The molecule has 0 aromatic heterocycles. The van der Waals surface area contributed by atoms with Gasteiger partial charge in [0.05, 0.1) is 18.3 Å². The van der Waals surface area contributed by atoms with Crippen LogP contribution in [0.1, 0.15) is 51.0 Å². The highest BCUT2D eigenvalue weighted by molar-refractivity contribution is 6.30. The molecule has 0 saturated heterocycles. The SMILES string of the molecule is CC(CNC(=O)CCC/C=C\C[C@@H]1[C@@H](/C=C/[C@@H](O)CCc2cccc(Cl)c2)[C@H](O)C[C@@H]1O)O[N+](=O)[O-]. The van der Waals surface area contributed by atoms with Crippen LogP contribution in [-0.2, 0) is 16.1 Å². The number of aliphatic hydroxyl groups is 3. The number of hydrogen-bond donors (Lipinski definition) is 4. The van der Waals surface area contributed by atoms with Crippen molar-refractivity contribution in [1.82, 2.24) is 5.32 Å². The second-order valence-electron chi connectivity index (χ2n) is 9.28. The number of aliphatic hydroxyl groups excluding tert-OH is 3. The predicted molar refractivity (Wildman–Crippen MR) is 137 cm³/mol. The summed E-state index contributed by atoms with van der Waals surface area (Å²) < 4.78 is 0. The fourth-order valence-corrected chi connectivity index (χ4v) is 4.56. The van der Waals surface area contributed by atoms with Gasteiger partial charge in [-0.3, -0.25) is 4.79 Å². The molecule has 36 heavy (non-hydrogen) atoms. The molecule has 0 spiro atoms. The van der Waals surface area contributed by atoms with Gasteiger partial charge in [-0.2, -0.15) is 0 Å². The molecule has 200 valence electrons. The summed E-state index contributed by atoms with van der Waals surface area (Å²) in [6.45, 7) is 1.58. The topological polar surface area (TPSA) is 142 Å². The number of hydrogen-bond acceptors (Lipinski definition) is 7. The molecule has 6 atom stereocenters. The van der Waals surface area contributed by atoms with Crippen molar-refractivity contribution in [3.63, 3.8) is 0 Å². The molecule has 10 heteroatoms. The zero-order valence-corrected chi connectivity index (χ0v) is 21.3. The summed E-state index contributed by atoms with van der Waals surface area (Å²) in [6.07, 6.45) is 8.41. The molecule has 9 nitrogen and oxygen atoms in total. The summed E-state index contributed by atoms with van der Waals surface area (Å²) >= 11 is 6.00. The number of nitrogens with zero attached hydrogens (tertiary/aromatic N) is 1. The van der Waals surface area contributed by atoms with E-state index in [9.17, 15) is 30.2 Å². The van der Waals surface area contributed by atoms with Crippen LogP contribution in [0.15, 0.2) is 48.6 Å². The average molecular weight is 525 g/mol. The minimum absolute atomic E-state index is 0.0712. The molecular weight excluding hydrogens is 488 g/mol. The molecule has 0 aliphatic heterocycles. The van der Waals surface area contributed by atoms with Crippen molar-refractivity contribution in [1.29, 1.82) is 0 Å². The van der Waals surface area contributed by atoms with Crippen molar-refractivity contribution in [3.05, 3.63) is 69.3 Å². The normalized spacial score (nSPS) is 23.7. The summed E-state index contributed by atoms with van der Waals surface area (Å²) in [6, 6.07) is 7.52. The lowest BCUT2D eigenvalue weighted by molar-refractivity contribution is -0.767. The van der Waals surface area contributed by atoms with E-state index in [1.165, 1.54) is 6.92 Å². The van der Waals surface area contributed by atoms with Crippen LogP contribution in [0.5, 0.6) is 0 Å². The fraction of sp³-hybridized carbons (Fsp3) is 0.577. The van der Waals surface area contributed by atoms with Gasteiger partial charge in [-0.15, -0.1) is 10.1 Å². The highest BCUT2D eigenvalue weighted by Gasteiger charge is 2.39. The summed E-state index contributed by atoms with van der Waals surface area (Å²) in [5.41, 5.74) is 1.05. The number of carbonyl (C=O) groups excluding carboxylic acids is 1. The standard InChI is InChI=1S/C26H37ClN2O7/c1-18(36-29(34)35)17-28-26(33)10-5-3-2-4-9-22-23(25(32)16-24(22)31)14-13-21(30)12-11-19-7-6-8-20(27)15-19/h2,4,6-8,13-15,18,21-25,30-32H,3,5,9-12,16-17H2,1H3,(H,28,33)/b4-2-,14-13+/t18?,21-,22+,23+,24-,25+/m0/s1. The third-order valence-corrected chi connectivity index (χ3v) is 6.53. The van der Waals surface area contributed by atoms with Gasteiger partial charge in [-0.1, -0.05) is 48.0 Å². The molecule has 1 saturated carbocycles. The minimum Gasteiger partial charge on any atom is -0.393 e. The van der Waals surface area contributed by atoms with Crippen LogP contribution in [0.25, 0.3) is 0 Å². The van der Waals surface area contributed by atoms with Gasteiger partial charge in [-0.25, -0.2) is 0 Å². The van der Waals surface area contributed by atoms with Crippen LogP contribution in [0, 0.1) is 22.0 Å². The van der Waals surface area contributed by atoms with Crippen molar-refractivity contribution < 1.29 is 30.0 Å². The highest BCUT2D eigenvalue weighted by Crippen LogP contribution is 2.36. The van der Waals surface area contributed by atoms with E-state index in [1.807, 2.05) is 36.4 Å². The molecule has 4 N–H and O–H groups in total. The number of nitrogens with one attached hydrogen (secondary N) is 1. The number of rotatable bonds is 15. The van der Waals surface area contributed by atoms with Crippen molar-refractivity contribution in [2.75, 3.05) is 6.54 Å². The molecule has 0 bridgehead atoms. The van der Waals surface area contributed by atoms with Crippen LogP contribution in [-0.4, -0.2) is 57.3 Å². The van der Waals surface area contributed by atoms with Gasteiger partial charge < -0.3 is 25.5 Å². The number of benzene rings is 1. The van der Waals surface area contributed by atoms with Crippen LogP contribution < -0.4 is 5.32 Å². The number of amides is 1. The number of carbonyl (C=O) groups is 1. The molecule has 1 amide bonds. The monoisotopic (exact) mass is 524 g/mol. The first-order valence-electron chi connectivity index (χ1n) is 12.4. The lowest BCUT2D eigenvalue weighted by Gasteiger charge is -2.19. The first-order valence-corrected chi connectivity index (χ1v) is 12.7. The Balaban J connectivity index is 1.72. The first kappa shape index (κ1) is 29.8. The van der Waals surface area contributed by atoms with E-state index >= 15 is 0 Å². The maximum atomic E-state index is 11.8. The van der Waals surface area contributed by atoms with Gasteiger partial charge in [0.2, 0.25) is 5.91 Å². The van der Waals surface area contributed by atoms with Gasteiger partial charge >= 0.3 is 0 Å². The van der Waals surface area contributed by atoms with E-state index in [2.05, 4.69) is 10.2 Å². The summed E-state index contributed by atoms with van der Waals surface area (Å²) in [5, 5.41) is 43.8. The molecule has 1 aromatic carbocycles. The van der Waals surface area contributed by atoms with Crippen molar-refractivity contribution >= 4 is 17.5 Å². The van der Waals surface area contributed by atoms with E-state index in [4.69, 9.17) is 11.6 Å². The van der Waals surface area contributed by atoms with E-state index < -0.39 is 29.5 Å². The third-order valence-electron chi connectivity index (χ3n) is 6.29. The number of unbranched alkanes of at least 4 members (excludes halogenated alkanes) is 1. The van der Waals surface area contributed by atoms with Gasteiger partial charge in [0, 0.05) is 30.3 Å². The van der Waals surface area contributed by atoms with Crippen molar-refractivity contribution in [2.24, 2.45) is 11.8 Å². The lowest BCUT2D eigenvalue weighted by Crippen LogP contribution is -2.32.